The van der Waals surface area contributed by atoms with Crippen molar-refractivity contribution in [3.05, 3.63) is 42.4 Å². The second kappa shape index (κ2) is 8.86. The van der Waals surface area contributed by atoms with Crippen molar-refractivity contribution >= 4 is 11.9 Å². The van der Waals surface area contributed by atoms with E-state index < -0.39 is 12.1 Å². The predicted molar refractivity (Wildman–Crippen MR) is 96.6 cm³/mol. The standard InChI is InChI=1S/C18H25N5O2/c1-3-8-14(23-18(19)25)17(24)22-13(4-2)16-20-11-15(21-16)12-9-6-5-7-10-12/h5-7,9-11,13-14H,3-4,8H2,1-2H3,(H,20,21)(H,22,24)(H3,19,23,25). The van der Waals surface area contributed by atoms with Crippen LogP contribution in [-0.4, -0.2) is 27.9 Å². The molecule has 1 aromatic heterocycles. The maximum atomic E-state index is 12.5. The summed E-state index contributed by atoms with van der Waals surface area (Å²) in [5.74, 6) is 0.425. The van der Waals surface area contributed by atoms with Crippen LogP contribution in [0.5, 0.6) is 0 Å². The van der Waals surface area contributed by atoms with Gasteiger partial charge in [0.1, 0.15) is 11.9 Å². The summed E-state index contributed by atoms with van der Waals surface area (Å²) in [6.45, 7) is 3.91. The Hall–Kier alpha value is -2.83. The summed E-state index contributed by atoms with van der Waals surface area (Å²) < 4.78 is 0. The molecular formula is C18H25N5O2. The highest BCUT2D eigenvalue weighted by Gasteiger charge is 2.23. The number of nitrogens with one attached hydrogen (secondary N) is 3. The van der Waals surface area contributed by atoms with E-state index in [9.17, 15) is 9.59 Å². The van der Waals surface area contributed by atoms with Gasteiger partial charge >= 0.3 is 6.03 Å². The van der Waals surface area contributed by atoms with Gasteiger partial charge in [0.15, 0.2) is 0 Å². The number of carbonyl (C=O) groups is 2. The molecule has 7 nitrogen and oxygen atoms in total. The van der Waals surface area contributed by atoms with Crippen LogP contribution in [0.3, 0.4) is 0 Å². The highest BCUT2D eigenvalue weighted by atomic mass is 16.2. The summed E-state index contributed by atoms with van der Waals surface area (Å²) in [4.78, 5) is 31.2. The molecule has 0 fully saturated rings. The van der Waals surface area contributed by atoms with Crippen molar-refractivity contribution in [3.8, 4) is 11.3 Å². The average Bonchev–Trinajstić information content (AvgIpc) is 3.09. The molecule has 2 rings (SSSR count). The highest BCUT2D eigenvalue weighted by Crippen LogP contribution is 2.20. The van der Waals surface area contributed by atoms with Crippen LogP contribution in [0, 0.1) is 0 Å². The van der Waals surface area contributed by atoms with Crippen molar-refractivity contribution in [1.29, 1.82) is 0 Å². The van der Waals surface area contributed by atoms with Crippen molar-refractivity contribution in [2.45, 2.75) is 45.2 Å². The molecule has 0 radical (unpaired) electrons. The number of hydrogen-bond donors (Lipinski definition) is 4. The SMILES string of the molecule is CCCC(NC(N)=O)C(=O)NC(CC)c1ncc(-c2ccccc2)[nH]1. The van der Waals surface area contributed by atoms with Gasteiger partial charge in [-0.1, -0.05) is 50.6 Å². The number of hydrogen-bond acceptors (Lipinski definition) is 3. The molecule has 7 heteroatoms. The van der Waals surface area contributed by atoms with Gasteiger partial charge in [-0.05, 0) is 18.4 Å². The number of benzene rings is 1. The van der Waals surface area contributed by atoms with Crippen molar-refractivity contribution in [2.75, 3.05) is 0 Å². The van der Waals surface area contributed by atoms with Crippen LogP contribution in [0.15, 0.2) is 36.5 Å². The Bertz CT molecular complexity index is 699. The third-order valence-electron chi connectivity index (χ3n) is 3.95. The van der Waals surface area contributed by atoms with Crippen LogP contribution >= 0.6 is 0 Å². The Morgan fingerprint density at radius 1 is 1.20 bits per heavy atom. The molecule has 0 aliphatic rings. The molecule has 5 N–H and O–H groups in total. The van der Waals surface area contributed by atoms with Gasteiger partial charge in [-0.25, -0.2) is 9.78 Å². The second-order valence-electron chi connectivity index (χ2n) is 5.87. The van der Waals surface area contributed by atoms with Gasteiger partial charge in [0, 0.05) is 0 Å². The molecule has 0 bridgehead atoms. The minimum Gasteiger partial charge on any atom is -0.352 e. The zero-order chi connectivity index (χ0) is 18.2. The lowest BCUT2D eigenvalue weighted by Crippen LogP contribution is -2.49. The first-order chi connectivity index (χ1) is 12.0. The molecule has 0 saturated heterocycles. The third kappa shape index (κ3) is 5.07. The number of aromatic nitrogens is 2. The number of H-pyrrole nitrogens is 1. The maximum Gasteiger partial charge on any atom is 0.312 e. The summed E-state index contributed by atoms with van der Waals surface area (Å²) in [5, 5.41) is 5.42. The predicted octanol–water partition coefficient (Wildman–Crippen LogP) is 2.48. The van der Waals surface area contributed by atoms with Crippen LogP contribution in [0.4, 0.5) is 4.79 Å². The van der Waals surface area contributed by atoms with Crippen LogP contribution in [-0.2, 0) is 4.79 Å². The second-order valence-corrected chi connectivity index (χ2v) is 5.87. The van der Waals surface area contributed by atoms with E-state index in [2.05, 4.69) is 20.6 Å². The van der Waals surface area contributed by atoms with E-state index in [1.807, 2.05) is 44.2 Å². The van der Waals surface area contributed by atoms with Crippen molar-refractivity contribution in [1.82, 2.24) is 20.6 Å². The molecular weight excluding hydrogens is 318 g/mol. The van der Waals surface area contributed by atoms with Gasteiger partial charge in [-0.15, -0.1) is 0 Å². The Labute approximate surface area is 147 Å². The van der Waals surface area contributed by atoms with Gasteiger partial charge in [-0.2, -0.15) is 0 Å². The molecule has 134 valence electrons. The van der Waals surface area contributed by atoms with Gasteiger partial charge in [0.2, 0.25) is 5.91 Å². The quantitative estimate of drug-likeness (QED) is 0.590. The van der Waals surface area contributed by atoms with E-state index in [0.717, 1.165) is 17.7 Å². The van der Waals surface area contributed by atoms with Crippen LogP contribution < -0.4 is 16.4 Å². The first-order valence-electron chi connectivity index (χ1n) is 8.51. The minimum absolute atomic E-state index is 0.259. The highest BCUT2D eigenvalue weighted by molar-refractivity contribution is 5.86. The Kier molecular flexibility index (Phi) is 6.56. The number of nitrogens with zero attached hydrogens (tertiary/aromatic N) is 1. The van der Waals surface area contributed by atoms with Gasteiger partial charge < -0.3 is 21.4 Å². The van der Waals surface area contributed by atoms with Crippen molar-refractivity contribution in [3.63, 3.8) is 0 Å². The molecule has 0 saturated carbocycles. The molecule has 2 unspecified atom stereocenters. The summed E-state index contributed by atoms with van der Waals surface area (Å²) in [6, 6.07) is 8.25. The Morgan fingerprint density at radius 3 is 2.52 bits per heavy atom. The molecule has 0 aliphatic heterocycles. The number of carbonyl (C=O) groups excluding carboxylic acids is 2. The van der Waals surface area contributed by atoms with Gasteiger partial charge in [0.05, 0.1) is 17.9 Å². The fourth-order valence-electron chi connectivity index (χ4n) is 2.64. The van der Waals surface area contributed by atoms with E-state index in [1.54, 1.807) is 6.20 Å². The number of urea groups is 1. The summed E-state index contributed by atoms with van der Waals surface area (Å²) in [6.07, 6.45) is 3.71. The zero-order valence-corrected chi connectivity index (χ0v) is 14.6. The lowest BCUT2D eigenvalue weighted by molar-refractivity contribution is -0.123. The molecule has 25 heavy (non-hydrogen) atoms. The third-order valence-corrected chi connectivity index (χ3v) is 3.95. The summed E-state index contributed by atoms with van der Waals surface area (Å²) >= 11 is 0. The normalized spacial score (nSPS) is 13.0. The Morgan fingerprint density at radius 2 is 1.92 bits per heavy atom. The topological polar surface area (TPSA) is 113 Å². The fraction of sp³-hybridized carbons (Fsp3) is 0.389. The van der Waals surface area contributed by atoms with Crippen LogP contribution in [0.25, 0.3) is 11.3 Å². The Balaban J connectivity index is 2.10. The van der Waals surface area contributed by atoms with Gasteiger partial charge in [-0.3, -0.25) is 4.79 Å². The van der Waals surface area contributed by atoms with E-state index >= 15 is 0 Å². The lowest BCUT2D eigenvalue weighted by Gasteiger charge is -2.20. The lowest BCUT2D eigenvalue weighted by atomic mass is 10.1. The average molecular weight is 343 g/mol. The van der Waals surface area contributed by atoms with E-state index in [0.29, 0.717) is 18.7 Å². The molecule has 1 heterocycles. The molecule has 0 spiro atoms. The van der Waals surface area contributed by atoms with E-state index in [4.69, 9.17) is 5.73 Å². The molecule has 1 aromatic carbocycles. The number of rotatable bonds is 8. The van der Waals surface area contributed by atoms with Crippen molar-refractivity contribution in [2.24, 2.45) is 5.73 Å². The number of nitrogens with two attached hydrogens (primary N) is 1. The van der Waals surface area contributed by atoms with Crippen LogP contribution in [0.1, 0.15) is 45.0 Å². The smallest absolute Gasteiger partial charge is 0.312 e. The zero-order valence-electron chi connectivity index (χ0n) is 14.6. The largest absolute Gasteiger partial charge is 0.352 e. The number of amides is 3. The minimum atomic E-state index is -0.703. The molecule has 2 atom stereocenters. The van der Waals surface area contributed by atoms with Gasteiger partial charge in [0.25, 0.3) is 0 Å². The molecule has 2 aromatic rings. The first kappa shape index (κ1) is 18.5. The first-order valence-corrected chi connectivity index (χ1v) is 8.51. The monoisotopic (exact) mass is 343 g/mol. The van der Waals surface area contributed by atoms with E-state index in [1.165, 1.54) is 0 Å². The number of imidazole rings is 1. The van der Waals surface area contributed by atoms with E-state index in [-0.39, 0.29) is 11.9 Å². The number of primary amides is 1. The van der Waals surface area contributed by atoms with Crippen LogP contribution in [0.2, 0.25) is 0 Å². The summed E-state index contributed by atoms with van der Waals surface area (Å²) in [5.41, 5.74) is 7.08. The fourth-order valence-corrected chi connectivity index (χ4v) is 2.64. The molecule has 3 amide bonds. The van der Waals surface area contributed by atoms with Crippen molar-refractivity contribution < 1.29 is 9.59 Å². The molecule has 0 aliphatic carbocycles. The summed E-state index contributed by atoms with van der Waals surface area (Å²) in [7, 11) is 0. The number of aromatic amines is 1. The maximum absolute atomic E-state index is 12.5.